The van der Waals surface area contributed by atoms with E-state index in [0.717, 1.165) is 0 Å². The van der Waals surface area contributed by atoms with E-state index in [4.69, 9.17) is 11.6 Å². The summed E-state index contributed by atoms with van der Waals surface area (Å²) < 4.78 is 31.1. The second kappa shape index (κ2) is 8.60. The van der Waals surface area contributed by atoms with Crippen LogP contribution in [0.3, 0.4) is 0 Å². The lowest BCUT2D eigenvalue weighted by molar-refractivity contribution is 0.0804. The molecule has 2 aliphatic rings. The predicted molar refractivity (Wildman–Crippen MR) is 122 cm³/mol. The highest BCUT2D eigenvalue weighted by Crippen LogP contribution is 2.44. The first kappa shape index (κ1) is 22.4. The summed E-state index contributed by atoms with van der Waals surface area (Å²) in [4.78, 5) is 23.2. The van der Waals surface area contributed by atoms with Gasteiger partial charge in [0.2, 0.25) is 0 Å². The highest BCUT2D eigenvalue weighted by atomic mass is 35.5. The van der Waals surface area contributed by atoms with Crippen LogP contribution in [-0.2, 0) is 5.41 Å². The van der Waals surface area contributed by atoms with Crippen molar-refractivity contribution in [1.82, 2.24) is 15.2 Å². The number of carbonyl (C=O) groups excluding carboxylic acids is 1. The van der Waals surface area contributed by atoms with Crippen molar-refractivity contribution in [2.24, 2.45) is 4.99 Å². The zero-order valence-corrected chi connectivity index (χ0v) is 18.8. The molecule has 2 N–H and O–H groups in total. The van der Waals surface area contributed by atoms with Gasteiger partial charge in [-0.1, -0.05) is 29.8 Å². The van der Waals surface area contributed by atoms with Gasteiger partial charge in [0.25, 0.3) is 5.91 Å². The summed E-state index contributed by atoms with van der Waals surface area (Å²) in [6, 6.07) is 4.66. The molecule has 6 nitrogen and oxygen atoms in total. The zero-order chi connectivity index (χ0) is 23.0. The number of rotatable bonds is 4. The fourth-order valence-corrected chi connectivity index (χ4v) is 4.43. The van der Waals surface area contributed by atoms with Crippen molar-refractivity contribution in [3.05, 3.63) is 69.9 Å². The minimum absolute atomic E-state index is 0.0154. The molecular weight excluding hydrogens is 436 g/mol. The van der Waals surface area contributed by atoms with Gasteiger partial charge in [0.1, 0.15) is 11.7 Å². The summed E-state index contributed by atoms with van der Waals surface area (Å²) in [7, 11) is 1.56. The Balaban J connectivity index is 1.95. The minimum atomic E-state index is -1.24. The topological polar surface area (TPSA) is 69.6 Å². The number of carbonyl (C=O) groups is 1. The smallest absolute Gasteiger partial charge is 0.261 e. The minimum Gasteiger partial charge on any atom is -0.362 e. The Morgan fingerprint density at radius 3 is 2.75 bits per heavy atom. The Bertz CT molecular complexity index is 1130. The number of nitrogens with zero attached hydrogens (tertiary/aromatic N) is 3. The molecule has 0 spiro atoms. The molecule has 32 heavy (non-hydrogen) atoms. The lowest BCUT2D eigenvalue weighted by Gasteiger charge is -2.42. The summed E-state index contributed by atoms with van der Waals surface area (Å²) in [5.74, 6) is -1.32. The van der Waals surface area contributed by atoms with Crippen LogP contribution in [0.5, 0.6) is 0 Å². The maximum absolute atomic E-state index is 15.9. The molecule has 9 heteroatoms. The Kier molecular flexibility index (Phi) is 6.01. The van der Waals surface area contributed by atoms with Gasteiger partial charge < -0.3 is 10.6 Å². The van der Waals surface area contributed by atoms with E-state index in [-0.39, 0.29) is 40.1 Å². The van der Waals surface area contributed by atoms with Gasteiger partial charge in [-0.05, 0) is 26.0 Å². The number of benzene rings is 1. The quantitative estimate of drug-likeness (QED) is 0.539. The summed E-state index contributed by atoms with van der Waals surface area (Å²) in [5, 5.41) is 6.10. The molecule has 1 aromatic heterocycles. The van der Waals surface area contributed by atoms with Gasteiger partial charge in [0.05, 0.1) is 16.6 Å². The number of allylic oxidation sites excluding steroid dienone is 1. The van der Waals surface area contributed by atoms with Crippen LogP contribution in [0.25, 0.3) is 0 Å². The SMILES string of the molecule is C/C=C\C(=NC)N1C[C@](C)(c2cccc(Cl)c2F)c2c(cnc(NC3CNC3)c2F)C1=O. The monoisotopic (exact) mass is 459 g/mol. The molecule has 1 saturated heterocycles. The number of anilines is 1. The highest BCUT2D eigenvalue weighted by Gasteiger charge is 2.46. The number of fused-ring (bicyclic) bond motifs is 1. The van der Waals surface area contributed by atoms with Crippen LogP contribution in [0, 0.1) is 11.6 Å². The van der Waals surface area contributed by atoms with Crippen LogP contribution < -0.4 is 10.6 Å². The molecule has 0 saturated carbocycles. The molecule has 1 aromatic carbocycles. The number of halogens is 3. The first-order valence-corrected chi connectivity index (χ1v) is 10.7. The molecule has 4 rings (SSSR count). The Morgan fingerprint density at radius 1 is 1.38 bits per heavy atom. The molecule has 2 aliphatic heterocycles. The third-order valence-electron chi connectivity index (χ3n) is 6.01. The number of aromatic nitrogens is 1. The van der Waals surface area contributed by atoms with E-state index in [1.807, 2.05) is 0 Å². The van der Waals surface area contributed by atoms with Crippen molar-refractivity contribution in [3.8, 4) is 0 Å². The van der Waals surface area contributed by atoms with E-state index in [1.165, 1.54) is 17.2 Å². The maximum atomic E-state index is 15.9. The van der Waals surface area contributed by atoms with Crippen molar-refractivity contribution in [3.63, 3.8) is 0 Å². The molecule has 3 heterocycles. The normalized spacial score (nSPS) is 21.6. The van der Waals surface area contributed by atoms with Crippen LogP contribution in [0.2, 0.25) is 5.02 Å². The molecule has 0 aliphatic carbocycles. The van der Waals surface area contributed by atoms with Crippen molar-refractivity contribution in [2.75, 3.05) is 32.0 Å². The Hall–Kier alpha value is -2.84. The molecule has 168 valence electrons. The van der Waals surface area contributed by atoms with Gasteiger partial charge in [-0.3, -0.25) is 14.7 Å². The molecule has 1 atom stereocenters. The highest BCUT2D eigenvalue weighted by molar-refractivity contribution is 6.30. The summed E-state index contributed by atoms with van der Waals surface area (Å²) in [5.41, 5.74) is -0.878. The summed E-state index contributed by atoms with van der Waals surface area (Å²) in [6.45, 7) is 4.87. The van der Waals surface area contributed by atoms with E-state index in [1.54, 1.807) is 45.2 Å². The van der Waals surface area contributed by atoms with Crippen LogP contribution in [0.4, 0.5) is 14.6 Å². The van der Waals surface area contributed by atoms with Gasteiger partial charge >= 0.3 is 0 Å². The molecule has 1 amide bonds. The molecular formula is C23H24ClF2N5O. The Morgan fingerprint density at radius 2 is 2.12 bits per heavy atom. The van der Waals surface area contributed by atoms with E-state index >= 15 is 8.78 Å². The number of hydrogen-bond acceptors (Lipinski definition) is 5. The van der Waals surface area contributed by atoms with Crippen LogP contribution >= 0.6 is 11.6 Å². The molecule has 2 aromatic rings. The third kappa shape index (κ3) is 3.57. The second-order valence-corrected chi connectivity index (χ2v) is 8.52. The summed E-state index contributed by atoms with van der Waals surface area (Å²) >= 11 is 6.08. The predicted octanol–water partition coefficient (Wildman–Crippen LogP) is 3.76. The maximum Gasteiger partial charge on any atom is 0.261 e. The van der Waals surface area contributed by atoms with Gasteiger partial charge in [0.15, 0.2) is 11.6 Å². The standard InChI is InChI=1S/C23H24ClF2N5O/c1-4-6-17(27-3)31-12-23(2,15-7-5-8-16(24)19(15)25)18-14(22(31)32)11-29-21(20(18)26)30-13-9-28-10-13/h4-8,11,13,28H,9-10,12H2,1-3H3,(H,29,30)/b6-4-,27-17?/t23-/m1/s1. The van der Waals surface area contributed by atoms with Crippen molar-refractivity contribution < 1.29 is 13.6 Å². The lowest BCUT2D eigenvalue weighted by atomic mass is 9.71. The fraction of sp³-hybridized carbons (Fsp3) is 0.348. The number of pyridine rings is 1. The number of hydrogen-bond donors (Lipinski definition) is 2. The molecule has 0 bridgehead atoms. The first-order chi connectivity index (χ1) is 15.3. The second-order valence-electron chi connectivity index (χ2n) is 8.12. The largest absolute Gasteiger partial charge is 0.362 e. The van der Waals surface area contributed by atoms with Crippen LogP contribution in [-0.4, -0.2) is 54.4 Å². The Labute approximate surface area is 190 Å². The van der Waals surface area contributed by atoms with Gasteiger partial charge in [-0.15, -0.1) is 0 Å². The average Bonchev–Trinajstić information content (AvgIpc) is 2.74. The van der Waals surface area contributed by atoms with E-state index in [2.05, 4.69) is 20.6 Å². The first-order valence-electron chi connectivity index (χ1n) is 10.3. The van der Waals surface area contributed by atoms with E-state index < -0.39 is 23.0 Å². The van der Waals surface area contributed by atoms with Gasteiger partial charge in [-0.2, -0.15) is 0 Å². The van der Waals surface area contributed by atoms with Gasteiger partial charge in [-0.25, -0.2) is 13.8 Å². The number of amidine groups is 1. The van der Waals surface area contributed by atoms with Crippen LogP contribution in [0.15, 0.2) is 41.5 Å². The zero-order valence-electron chi connectivity index (χ0n) is 18.0. The van der Waals surface area contributed by atoms with Crippen molar-refractivity contribution >= 4 is 29.2 Å². The van der Waals surface area contributed by atoms with Gasteiger partial charge in [0, 0.05) is 49.4 Å². The van der Waals surface area contributed by atoms with E-state index in [9.17, 15) is 4.79 Å². The molecule has 1 fully saturated rings. The van der Waals surface area contributed by atoms with Crippen molar-refractivity contribution in [1.29, 1.82) is 0 Å². The molecule has 0 radical (unpaired) electrons. The fourth-order valence-electron chi connectivity index (χ4n) is 4.25. The molecule has 0 unspecified atom stereocenters. The lowest BCUT2D eigenvalue weighted by Crippen LogP contribution is -2.53. The number of aliphatic imine (C=N–C) groups is 1. The van der Waals surface area contributed by atoms with Crippen molar-refractivity contribution in [2.45, 2.75) is 25.3 Å². The van der Waals surface area contributed by atoms with Crippen LogP contribution in [0.1, 0.15) is 35.3 Å². The number of amides is 1. The summed E-state index contributed by atoms with van der Waals surface area (Å²) in [6.07, 6.45) is 4.78. The van der Waals surface area contributed by atoms with E-state index in [0.29, 0.717) is 18.9 Å². The number of nitrogens with one attached hydrogen (secondary N) is 2. The average molecular weight is 460 g/mol. The third-order valence-corrected chi connectivity index (χ3v) is 6.30.